The van der Waals surface area contributed by atoms with Crippen LogP contribution in [-0.4, -0.2) is 59.8 Å². The first-order valence-electron chi connectivity index (χ1n) is 13.7. The lowest BCUT2D eigenvalue weighted by molar-refractivity contribution is -0.143. The minimum atomic E-state index is -0.989. The number of amides is 3. The smallest absolute Gasteiger partial charge is 0.326 e. The number of hydrogen-bond donors (Lipinski definition) is 3. The van der Waals surface area contributed by atoms with Crippen LogP contribution >= 0.6 is 0 Å². The van der Waals surface area contributed by atoms with Crippen molar-refractivity contribution >= 4 is 23.6 Å². The van der Waals surface area contributed by atoms with Gasteiger partial charge in [-0.3, -0.25) is 4.79 Å². The fourth-order valence-electron chi connectivity index (χ4n) is 4.64. The number of unbranched alkanes of at least 4 members (excludes halogenated alkanes) is 4. The first-order valence-corrected chi connectivity index (χ1v) is 13.7. The number of carbonyl (C=O) groups is 3. The maximum Gasteiger partial charge on any atom is 0.326 e. The molecule has 0 heterocycles. The molecule has 1 aliphatic carbocycles. The van der Waals surface area contributed by atoms with Crippen LogP contribution in [0.25, 0.3) is 0 Å². The molecule has 0 aliphatic heterocycles. The highest BCUT2D eigenvalue weighted by atomic mass is 16.5. The number of para-hydroxylation sites is 1. The van der Waals surface area contributed by atoms with Crippen LogP contribution in [0.15, 0.2) is 30.3 Å². The standard InChI is InChI=1S/C28H45N3O5/c1-3-5-6-7-11-18-31(28(35)29-23-15-9-8-10-16-23)19-20-36-24-17-12-14-22(21-24)26(32)30-25(13-4-2)27(33)34/h8-10,15-16,22,24-25H,3-7,11-14,17-21H2,1-2H3,(H,29,35)(H,30,32)(H,33,34). The molecule has 1 fully saturated rings. The van der Waals surface area contributed by atoms with Gasteiger partial charge in [-0.1, -0.05) is 70.6 Å². The third-order valence-corrected chi connectivity index (χ3v) is 6.75. The van der Waals surface area contributed by atoms with Gasteiger partial charge >= 0.3 is 12.0 Å². The lowest BCUT2D eigenvalue weighted by atomic mass is 9.86. The van der Waals surface area contributed by atoms with Gasteiger partial charge in [-0.2, -0.15) is 0 Å². The number of carbonyl (C=O) groups excluding carboxylic acids is 2. The average Bonchev–Trinajstić information content (AvgIpc) is 2.87. The summed E-state index contributed by atoms with van der Waals surface area (Å²) in [5.74, 6) is -1.42. The summed E-state index contributed by atoms with van der Waals surface area (Å²) in [6.45, 7) is 5.66. The van der Waals surface area contributed by atoms with E-state index in [1.165, 1.54) is 19.3 Å². The summed E-state index contributed by atoms with van der Waals surface area (Å²) in [5.41, 5.74) is 0.767. The Bertz CT molecular complexity index is 789. The molecule has 0 spiro atoms. The molecule has 3 N–H and O–H groups in total. The molecule has 3 unspecified atom stereocenters. The molecule has 1 aromatic rings. The lowest BCUT2D eigenvalue weighted by Crippen LogP contribution is -2.45. The van der Waals surface area contributed by atoms with Gasteiger partial charge in [0, 0.05) is 24.7 Å². The summed E-state index contributed by atoms with van der Waals surface area (Å²) < 4.78 is 6.12. The van der Waals surface area contributed by atoms with Crippen LogP contribution in [-0.2, 0) is 14.3 Å². The first-order chi connectivity index (χ1) is 17.4. The quantitative estimate of drug-likeness (QED) is 0.261. The second-order valence-corrected chi connectivity index (χ2v) is 9.74. The number of anilines is 1. The number of nitrogens with one attached hydrogen (secondary N) is 2. The van der Waals surface area contributed by atoms with Gasteiger partial charge in [0.05, 0.1) is 12.7 Å². The topological polar surface area (TPSA) is 108 Å². The Balaban J connectivity index is 1.84. The molecule has 1 aliphatic rings. The molecule has 3 amide bonds. The van der Waals surface area contributed by atoms with E-state index >= 15 is 0 Å². The van der Waals surface area contributed by atoms with Crippen LogP contribution in [0.4, 0.5) is 10.5 Å². The van der Waals surface area contributed by atoms with Gasteiger partial charge in [0.2, 0.25) is 5.91 Å². The van der Waals surface area contributed by atoms with E-state index in [0.29, 0.717) is 39.0 Å². The Morgan fingerprint density at radius 1 is 1.03 bits per heavy atom. The van der Waals surface area contributed by atoms with Crippen LogP contribution in [0.1, 0.15) is 84.5 Å². The summed E-state index contributed by atoms with van der Waals surface area (Å²) in [7, 11) is 0. The SMILES string of the molecule is CCCCCCCN(CCOC1CCCC(C(=O)NC(CCC)C(=O)O)C1)C(=O)Nc1ccccc1. The number of urea groups is 1. The number of rotatable bonds is 16. The van der Waals surface area contributed by atoms with E-state index in [1.54, 1.807) is 0 Å². The summed E-state index contributed by atoms with van der Waals surface area (Å²) in [5, 5.41) is 15.0. The second-order valence-electron chi connectivity index (χ2n) is 9.74. The Hall–Kier alpha value is -2.61. The average molecular weight is 504 g/mol. The van der Waals surface area contributed by atoms with E-state index in [4.69, 9.17) is 4.74 Å². The lowest BCUT2D eigenvalue weighted by Gasteiger charge is -2.30. The number of benzene rings is 1. The fourth-order valence-corrected chi connectivity index (χ4v) is 4.64. The van der Waals surface area contributed by atoms with E-state index in [0.717, 1.165) is 37.8 Å². The third kappa shape index (κ3) is 11.0. The number of hydrogen-bond acceptors (Lipinski definition) is 4. The molecule has 1 aromatic carbocycles. The molecule has 8 nitrogen and oxygen atoms in total. The minimum absolute atomic E-state index is 0.0625. The Morgan fingerprint density at radius 2 is 1.78 bits per heavy atom. The summed E-state index contributed by atoms with van der Waals surface area (Å²) in [6.07, 6.45) is 9.73. The van der Waals surface area contributed by atoms with E-state index in [9.17, 15) is 19.5 Å². The van der Waals surface area contributed by atoms with Gasteiger partial charge in [-0.05, 0) is 44.2 Å². The first kappa shape index (κ1) is 29.6. The Labute approximate surface area is 216 Å². The zero-order chi connectivity index (χ0) is 26.2. The largest absolute Gasteiger partial charge is 0.480 e. The van der Waals surface area contributed by atoms with Gasteiger partial charge in [0.1, 0.15) is 6.04 Å². The van der Waals surface area contributed by atoms with Gasteiger partial charge in [0.15, 0.2) is 0 Å². The molecule has 0 aromatic heterocycles. The zero-order valence-corrected chi connectivity index (χ0v) is 22.0. The number of nitrogens with zero attached hydrogens (tertiary/aromatic N) is 1. The van der Waals surface area contributed by atoms with Crippen molar-refractivity contribution in [3.63, 3.8) is 0 Å². The third-order valence-electron chi connectivity index (χ3n) is 6.75. The normalized spacial score (nSPS) is 18.3. The predicted molar refractivity (Wildman–Crippen MR) is 142 cm³/mol. The van der Waals surface area contributed by atoms with Crippen LogP contribution in [0, 0.1) is 5.92 Å². The molecular formula is C28H45N3O5. The molecule has 3 atom stereocenters. The maximum absolute atomic E-state index is 12.9. The van der Waals surface area contributed by atoms with Crippen molar-refractivity contribution in [3.05, 3.63) is 30.3 Å². The zero-order valence-electron chi connectivity index (χ0n) is 22.0. The van der Waals surface area contributed by atoms with Crippen molar-refractivity contribution in [2.45, 2.75) is 96.6 Å². The highest BCUT2D eigenvalue weighted by Gasteiger charge is 2.30. The number of ether oxygens (including phenoxy) is 1. The summed E-state index contributed by atoms with van der Waals surface area (Å²) >= 11 is 0. The molecule has 0 bridgehead atoms. The Kier molecular flexibility index (Phi) is 13.9. The van der Waals surface area contributed by atoms with Crippen molar-refractivity contribution in [3.8, 4) is 0 Å². The van der Waals surface area contributed by atoms with E-state index < -0.39 is 12.0 Å². The van der Waals surface area contributed by atoms with E-state index in [-0.39, 0.29) is 24.0 Å². The molecule has 2 rings (SSSR count). The fraction of sp³-hybridized carbons (Fsp3) is 0.679. The van der Waals surface area contributed by atoms with Crippen molar-refractivity contribution in [2.75, 3.05) is 25.0 Å². The van der Waals surface area contributed by atoms with E-state index in [2.05, 4.69) is 17.6 Å². The van der Waals surface area contributed by atoms with Gasteiger partial charge < -0.3 is 25.4 Å². The molecule has 0 saturated heterocycles. The van der Waals surface area contributed by atoms with Crippen LogP contribution in [0.2, 0.25) is 0 Å². The number of carboxylic acid groups (broad SMARTS) is 1. The van der Waals surface area contributed by atoms with Gasteiger partial charge in [-0.25, -0.2) is 9.59 Å². The molecule has 202 valence electrons. The second kappa shape index (κ2) is 17.0. The highest BCUT2D eigenvalue weighted by Crippen LogP contribution is 2.27. The van der Waals surface area contributed by atoms with Crippen LogP contribution in [0.3, 0.4) is 0 Å². The number of aliphatic carboxylic acids is 1. The molecule has 0 radical (unpaired) electrons. The Morgan fingerprint density at radius 3 is 2.47 bits per heavy atom. The molecule has 1 saturated carbocycles. The number of carboxylic acids is 1. The van der Waals surface area contributed by atoms with Crippen molar-refractivity contribution in [2.24, 2.45) is 5.92 Å². The van der Waals surface area contributed by atoms with Gasteiger partial charge in [0.25, 0.3) is 0 Å². The predicted octanol–water partition coefficient (Wildman–Crippen LogP) is 5.44. The van der Waals surface area contributed by atoms with Crippen molar-refractivity contribution < 1.29 is 24.2 Å². The summed E-state index contributed by atoms with van der Waals surface area (Å²) in [6, 6.07) is 8.48. The molecule has 36 heavy (non-hydrogen) atoms. The monoisotopic (exact) mass is 503 g/mol. The minimum Gasteiger partial charge on any atom is -0.480 e. The van der Waals surface area contributed by atoms with Crippen LogP contribution < -0.4 is 10.6 Å². The highest BCUT2D eigenvalue weighted by molar-refractivity contribution is 5.89. The van der Waals surface area contributed by atoms with Crippen molar-refractivity contribution in [1.29, 1.82) is 0 Å². The maximum atomic E-state index is 12.9. The summed E-state index contributed by atoms with van der Waals surface area (Å²) in [4.78, 5) is 38.8. The van der Waals surface area contributed by atoms with E-state index in [1.807, 2.05) is 42.2 Å². The van der Waals surface area contributed by atoms with Crippen molar-refractivity contribution in [1.82, 2.24) is 10.2 Å². The molecule has 8 heteroatoms. The van der Waals surface area contributed by atoms with Crippen LogP contribution in [0.5, 0.6) is 0 Å². The van der Waals surface area contributed by atoms with Gasteiger partial charge in [-0.15, -0.1) is 0 Å². The molecular weight excluding hydrogens is 458 g/mol.